The summed E-state index contributed by atoms with van der Waals surface area (Å²) in [5.41, 5.74) is 10.3. The first-order valence-corrected chi connectivity index (χ1v) is 8.00. The third-order valence-electron chi connectivity index (χ3n) is 3.44. The quantitative estimate of drug-likeness (QED) is 0.493. The van der Waals surface area contributed by atoms with E-state index >= 15 is 0 Å². The van der Waals surface area contributed by atoms with Gasteiger partial charge in [-0.1, -0.05) is 27.7 Å². The van der Waals surface area contributed by atoms with Crippen molar-refractivity contribution in [1.82, 2.24) is 0 Å². The molecule has 0 radical (unpaired) electrons. The molecular weight excluding hydrogens is 341 g/mol. The largest absolute Gasteiger partial charge is 0.480 e. The van der Waals surface area contributed by atoms with Crippen molar-refractivity contribution in [2.75, 3.05) is 0 Å². The molecule has 3 unspecified atom stereocenters. The number of alkyl halides is 3. The molecule has 0 aliphatic rings. The predicted molar refractivity (Wildman–Crippen MR) is 89.2 cm³/mol. The Kier molecular flexibility index (Phi) is 11.0. The maximum atomic E-state index is 12.4. The lowest BCUT2D eigenvalue weighted by atomic mass is 9.79. The van der Waals surface area contributed by atoms with Crippen molar-refractivity contribution in [1.29, 1.82) is 0 Å². The zero-order valence-electron chi connectivity index (χ0n) is 15.4. The van der Waals surface area contributed by atoms with Crippen molar-refractivity contribution >= 4 is 11.9 Å². The van der Waals surface area contributed by atoms with Gasteiger partial charge >= 0.3 is 11.9 Å². The van der Waals surface area contributed by atoms with E-state index in [2.05, 4.69) is 27.7 Å². The fourth-order valence-electron chi connectivity index (χ4n) is 2.41. The zero-order chi connectivity index (χ0) is 20.6. The second-order valence-corrected chi connectivity index (χ2v) is 7.44. The van der Waals surface area contributed by atoms with Gasteiger partial charge in [0.2, 0.25) is 0 Å². The number of rotatable bonds is 9. The van der Waals surface area contributed by atoms with Gasteiger partial charge in [0.25, 0.3) is 5.92 Å². The zero-order valence-corrected chi connectivity index (χ0v) is 15.4. The van der Waals surface area contributed by atoms with E-state index in [1.807, 2.05) is 0 Å². The Morgan fingerprint density at radius 3 is 1.56 bits per heavy atom. The summed E-state index contributed by atoms with van der Waals surface area (Å²) in [6.07, 6.45) is -2.02. The van der Waals surface area contributed by atoms with Crippen LogP contribution in [0.25, 0.3) is 0 Å². The number of aliphatic carboxylic acids is 2. The minimum Gasteiger partial charge on any atom is -0.480 e. The molecular formula is C16H31F3N2O4. The summed E-state index contributed by atoms with van der Waals surface area (Å²) < 4.78 is 37.0. The predicted octanol–water partition coefficient (Wildman–Crippen LogP) is 2.64. The normalized spacial score (nSPS) is 15.8. The molecule has 0 aromatic rings. The summed E-state index contributed by atoms with van der Waals surface area (Å²) >= 11 is 0. The van der Waals surface area contributed by atoms with Crippen molar-refractivity contribution in [2.24, 2.45) is 22.8 Å². The Bertz CT molecular complexity index is 430. The third-order valence-corrected chi connectivity index (χ3v) is 3.44. The summed E-state index contributed by atoms with van der Waals surface area (Å²) in [7, 11) is 0. The Labute approximate surface area is 146 Å². The highest BCUT2D eigenvalue weighted by atomic mass is 19.3. The second-order valence-electron chi connectivity index (χ2n) is 7.44. The molecule has 0 aliphatic heterocycles. The van der Waals surface area contributed by atoms with Gasteiger partial charge < -0.3 is 21.7 Å². The molecule has 0 bridgehead atoms. The number of carboxylic acids is 2. The van der Waals surface area contributed by atoms with E-state index in [-0.39, 0.29) is 5.41 Å². The maximum Gasteiger partial charge on any atom is 0.320 e. The lowest BCUT2D eigenvalue weighted by molar-refractivity contribution is -0.143. The van der Waals surface area contributed by atoms with E-state index < -0.39 is 42.5 Å². The van der Waals surface area contributed by atoms with Gasteiger partial charge in [-0.25, -0.2) is 13.2 Å². The van der Waals surface area contributed by atoms with Crippen LogP contribution in [0.2, 0.25) is 0 Å². The van der Waals surface area contributed by atoms with E-state index in [0.717, 1.165) is 6.42 Å². The third kappa shape index (κ3) is 12.6. The van der Waals surface area contributed by atoms with Gasteiger partial charge in [-0.3, -0.25) is 9.59 Å². The summed E-state index contributed by atoms with van der Waals surface area (Å²) in [6, 6.07) is -2.45. The molecule has 9 heteroatoms. The van der Waals surface area contributed by atoms with Gasteiger partial charge in [0.05, 0.1) is 0 Å². The highest BCUT2D eigenvalue weighted by Gasteiger charge is 2.40. The van der Waals surface area contributed by atoms with Gasteiger partial charge in [0.1, 0.15) is 12.1 Å². The van der Waals surface area contributed by atoms with Crippen LogP contribution in [0.15, 0.2) is 0 Å². The van der Waals surface area contributed by atoms with Gasteiger partial charge in [0, 0.05) is 6.42 Å². The molecule has 3 atom stereocenters. The SMILES string of the molecule is CC(C)CC(C)(C)CC(N)C(=O)O.CC(F)C(F)(F)CC(N)C(=O)O. The van der Waals surface area contributed by atoms with Crippen LogP contribution in [0.4, 0.5) is 13.2 Å². The molecule has 0 saturated carbocycles. The van der Waals surface area contributed by atoms with Crippen LogP contribution in [0.3, 0.4) is 0 Å². The number of hydrogen-bond acceptors (Lipinski definition) is 4. The monoisotopic (exact) mass is 372 g/mol. The van der Waals surface area contributed by atoms with Crippen LogP contribution >= 0.6 is 0 Å². The number of nitrogens with two attached hydrogens (primary N) is 2. The Morgan fingerprint density at radius 1 is 0.920 bits per heavy atom. The number of halogens is 3. The van der Waals surface area contributed by atoms with Crippen LogP contribution in [0, 0.1) is 11.3 Å². The first-order chi connectivity index (χ1) is 11.0. The van der Waals surface area contributed by atoms with E-state index in [1.54, 1.807) is 0 Å². The van der Waals surface area contributed by atoms with Crippen LogP contribution in [-0.2, 0) is 9.59 Å². The molecule has 0 spiro atoms. The average Bonchev–Trinajstić information content (AvgIpc) is 2.35. The van der Waals surface area contributed by atoms with Crippen LogP contribution in [-0.4, -0.2) is 46.3 Å². The highest BCUT2D eigenvalue weighted by molar-refractivity contribution is 5.73. The van der Waals surface area contributed by atoms with E-state index in [0.29, 0.717) is 19.3 Å². The number of carboxylic acid groups (broad SMARTS) is 2. The number of carbonyl (C=O) groups is 2. The Morgan fingerprint density at radius 2 is 1.28 bits per heavy atom. The van der Waals surface area contributed by atoms with Gasteiger partial charge in [-0.2, -0.15) is 0 Å². The van der Waals surface area contributed by atoms with Crippen LogP contribution in [0.5, 0.6) is 0 Å². The molecule has 0 aliphatic carbocycles. The molecule has 0 aromatic carbocycles. The number of hydrogen-bond donors (Lipinski definition) is 4. The van der Waals surface area contributed by atoms with Crippen molar-refractivity contribution in [3.63, 3.8) is 0 Å². The van der Waals surface area contributed by atoms with E-state index in [4.69, 9.17) is 21.7 Å². The molecule has 0 amide bonds. The average molecular weight is 372 g/mol. The van der Waals surface area contributed by atoms with Crippen molar-refractivity contribution < 1.29 is 33.0 Å². The minimum atomic E-state index is -3.67. The van der Waals surface area contributed by atoms with Gasteiger partial charge in [-0.05, 0) is 31.1 Å². The Hall–Kier alpha value is -1.35. The smallest absolute Gasteiger partial charge is 0.320 e. The summed E-state index contributed by atoms with van der Waals surface area (Å²) in [4.78, 5) is 20.6. The fraction of sp³-hybridized carbons (Fsp3) is 0.875. The molecule has 150 valence electrons. The van der Waals surface area contributed by atoms with Crippen molar-refractivity contribution in [2.45, 2.75) is 78.1 Å². The van der Waals surface area contributed by atoms with Gasteiger partial charge in [0.15, 0.2) is 6.17 Å². The van der Waals surface area contributed by atoms with Crippen molar-refractivity contribution in [3.05, 3.63) is 0 Å². The first-order valence-electron chi connectivity index (χ1n) is 8.00. The fourth-order valence-corrected chi connectivity index (χ4v) is 2.41. The summed E-state index contributed by atoms with van der Waals surface area (Å²) in [5.74, 6) is -5.55. The molecule has 0 aromatic heterocycles. The molecule has 6 nitrogen and oxygen atoms in total. The molecule has 6 N–H and O–H groups in total. The molecule has 0 rings (SSSR count). The van der Waals surface area contributed by atoms with E-state index in [9.17, 15) is 22.8 Å². The standard InChI is InChI=1S/C10H21NO2.C6H10F3NO2/c1-7(2)5-10(3,4)6-8(11)9(12)13;1-3(7)6(8,9)2-4(10)5(11)12/h7-8H,5-6,11H2,1-4H3,(H,12,13);3-4H,2,10H2,1H3,(H,11,12). The van der Waals surface area contributed by atoms with Crippen molar-refractivity contribution in [3.8, 4) is 0 Å². The molecule has 0 saturated heterocycles. The van der Waals surface area contributed by atoms with Crippen LogP contribution in [0.1, 0.15) is 53.9 Å². The second kappa shape index (κ2) is 10.6. The lowest BCUT2D eigenvalue weighted by Gasteiger charge is -2.28. The highest BCUT2D eigenvalue weighted by Crippen LogP contribution is 2.30. The lowest BCUT2D eigenvalue weighted by Crippen LogP contribution is -2.40. The molecule has 25 heavy (non-hydrogen) atoms. The minimum absolute atomic E-state index is 0.0198. The van der Waals surface area contributed by atoms with Crippen LogP contribution < -0.4 is 11.5 Å². The maximum absolute atomic E-state index is 12.4. The first kappa shape index (κ1) is 25.9. The molecule has 0 fully saturated rings. The topological polar surface area (TPSA) is 127 Å². The summed E-state index contributed by atoms with van der Waals surface area (Å²) in [5, 5.41) is 16.8. The van der Waals surface area contributed by atoms with Gasteiger partial charge in [-0.15, -0.1) is 0 Å². The molecule has 0 heterocycles. The Balaban J connectivity index is 0. The summed E-state index contributed by atoms with van der Waals surface area (Å²) in [6.45, 7) is 9.06. The van der Waals surface area contributed by atoms with E-state index in [1.165, 1.54) is 0 Å².